The number of nitrogens with zero attached hydrogens (tertiary/aromatic N) is 3. The standard InChI is InChI=1S/C21H19F2N4O6P/c22-14-3-1-4-16(9-14)32-21-18(23)8-13(11-25-21)7-15-10-19(33-26-15)17-5-2-6-27(20(17)24)12-31-34(28,29)30/h1-6,8-11,20H,7,12,24H2,(H2,28,29,30). The number of rotatable bonds is 8. The molecule has 3 aromatic rings. The van der Waals surface area contributed by atoms with Gasteiger partial charge in [-0.3, -0.25) is 4.52 Å². The Bertz CT molecular complexity index is 1290. The van der Waals surface area contributed by atoms with Gasteiger partial charge in [-0.2, -0.15) is 0 Å². The Kier molecular flexibility index (Phi) is 6.87. The van der Waals surface area contributed by atoms with Crippen molar-refractivity contribution in [2.75, 3.05) is 6.73 Å². The Hall–Kier alpha value is -3.41. The second kappa shape index (κ2) is 9.84. The molecule has 3 heterocycles. The molecule has 0 bridgehead atoms. The highest BCUT2D eigenvalue weighted by Crippen LogP contribution is 2.36. The lowest BCUT2D eigenvalue weighted by atomic mass is 10.1. The Morgan fingerprint density at radius 3 is 2.79 bits per heavy atom. The summed E-state index contributed by atoms with van der Waals surface area (Å²) in [5.41, 5.74) is 7.60. The lowest BCUT2D eigenvalue weighted by molar-refractivity contribution is 0.110. The minimum Gasteiger partial charge on any atom is -0.436 e. The van der Waals surface area contributed by atoms with Gasteiger partial charge in [0.2, 0.25) is 0 Å². The molecule has 0 saturated heterocycles. The number of pyridine rings is 1. The van der Waals surface area contributed by atoms with Crippen LogP contribution in [0.25, 0.3) is 5.57 Å². The van der Waals surface area contributed by atoms with Crippen molar-refractivity contribution in [2.24, 2.45) is 5.73 Å². The molecule has 1 unspecified atom stereocenters. The predicted molar refractivity (Wildman–Crippen MR) is 115 cm³/mol. The molecule has 4 rings (SSSR count). The summed E-state index contributed by atoms with van der Waals surface area (Å²) in [6.07, 6.45) is 5.58. The monoisotopic (exact) mass is 492 g/mol. The van der Waals surface area contributed by atoms with Crippen molar-refractivity contribution in [3.63, 3.8) is 0 Å². The molecule has 0 radical (unpaired) electrons. The van der Waals surface area contributed by atoms with Gasteiger partial charge in [-0.1, -0.05) is 17.3 Å². The van der Waals surface area contributed by atoms with Gasteiger partial charge in [-0.25, -0.2) is 18.3 Å². The van der Waals surface area contributed by atoms with Gasteiger partial charge in [0.15, 0.2) is 11.6 Å². The number of hydrogen-bond acceptors (Lipinski definition) is 8. The van der Waals surface area contributed by atoms with Gasteiger partial charge in [-0.15, -0.1) is 0 Å². The summed E-state index contributed by atoms with van der Waals surface area (Å²) >= 11 is 0. The summed E-state index contributed by atoms with van der Waals surface area (Å²) in [7, 11) is -4.66. The van der Waals surface area contributed by atoms with Crippen LogP contribution in [0.5, 0.6) is 11.6 Å². The molecule has 4 N–H and O–H groups in total. The van der Waals surface area contributed by atoms with Crippen LogP contribution in [0, 0.1) is 11.6 Å². The van der Waals surface area contributed by atoms with E-state index < -0.39 is 32.4 Å². The maximum atomic E-state index is 14.5. The second-order valence-corrected chi connectivity index (χ2v) is 8.46. The van der Waals surface area contributed by atoms with Gasteiger partial charge in [0.05, 0.1) is 5.69 Å². The lowest BCUT2D eigenvalue weighted by Gasteiger charge is -2.30. The number of halogens is 2. The van der Waals surface area contributed by atoms with Crippen LogP contribution in [0.2, 0.25) is 0 Å². The van der Waals surface area contributed by atoms with Crippen LogP contribution in [0.15, 0.2) is 65.5 Å². The van der Waals surface area contributed by atoms with Crippen molar-refractivity contribution in [3.05, 3.63) is 89.6 Å². The first-order valence-electron chi connectivity index (χ1n) is 9.81. The van der Waals surface area contributed by atoms with Crippen molar-refractivity contribution in [3.8, 4) is 11.6 Å². The molecule has 1 aliphatic heterocycles. The first-order valence-corrected chi connectivity index (χ1v) is 11.3. The third-order valence-corrected chi connectivity index (χ3v) is 5.16. The smallest absolute Gasteiger partial charge is 0.436 e. The number of benzene rings is 1. The van der Waals surface area contributed by atoms with Crippen molar-refractivity contribution >= 4 is 13.4 Å². The van der Waals surface area contributed by atoms with E-state index in [9.17, 15) is 13.3 Å². The molecule has 34 heavy (non-hydrogen) atoms. The van der Waals surface area contributed by atoms with Gasteiger partial charge in [0, 0.05) is 36.5 Å². The Balaban J connectivity index is 1.42. The van der Waals surface area contributed by atoms with Crippen LogP contribution in [-0.4, -0.2) is 37.7 Å². The van der Waals surface area contributed by atoms with Crippen LogP contribution in [-0.2, 0) is 15.5 Å². The SMILES string of the molecule is NC1C(c2cc(Cc3cnc(Oc4cccc(F)c4)c(F)c3)no2)=CC=CN1COP(=O)(O)O. The van der Waals surface area contributed by atoms with Crippen LogP contribution in [0.1, 0.15) is 17.0 Å². The highest BCUT2D eigenvalue weighted by atomic mass is 31.2. The molecule has 0 spiro atoms. The van der Waals surface area contributed by atoms with Gasteiger partial charge < -0.3 is 29.7 Å². The summed E-state index contributed by atoms with van der Waals surface area (Å²) in [6.45, 7) is -0.435. The highest BCUT2D eigenvalue weighted by Gasteiger charge is 2.25. The number of nitrogens with two attached hydrogens (primary N) is 1. The van der Waals surface area contributed by atoms with E-state index in [1.807, 2.05) is 0 Å². The van der Waals surface area contributed by atoms with Gasteiger partial charge in [-0.05, 0) is 29.8 Å². The minimum absolute atomic E-state index is 0.117. The number of phosphoric acid groups is 1. The molecule has 178 valence electrons. The maximum absolute atomic E-state index is 14.5. The molecular weight excluding hydrogens is 473 g/mol. The van der Waals surface area contributed by atoms with E-state index in [2.05, 4.69) is 14.7 Å². The fourth-order valence-electron chi connectivity index (χ4n) is 3.14. The first-order chi connectivity index (χ1) is 16.2. The summed E-state index contributed by atoms with van der Waals surface area (Å²) < 4.78 is 53.8. The molecule has 0 fully saturated rings. The average Bonchev–Trinajstić information content (AvgIpc) is 3.22. The molecule has 0 aliphatic carbocycles. The average molecular weight is 492 g/mol. The van der Waals surface area contributed by atoms with E-state index >= 15 is 0 Å². The number of phosphoric ester groups is 1. The summed E-state index contributed by atoms with van der Waals surface area (Å²) in [6, 6.07) is 8.12. The number of aromatic nitrogens is 2. The maximum Gasteiger partial charge on any atom is 0.471 e. The molecule has 13 heteroatoms. The summed E-state index contributed by atoms with van der Waals surface area (Å²) in [5, 5.41) is 3.97. The van der Waals surface area contributed by atoms with Crippen molar-refractivity contribution in [1.29, 1.82) is 0 Å². The van der Waals surface area contributed by atoms with E-state index in [-0.39, 0.29) is 18.1 Å². The Morgan fingerprint density at radius 2 is 2.06 bits per heavy atom. The number of hydrogen-bond donors (Lipinski definition) is 3. The van der Waals surface area contributed by atoms with Crippen LogP contribution in [0.4, 0.5) is 8.78 Å². The van der Waals surface area contributed by atoms with Crippen LogP contribution in [0.3, 0.4) is 0 Å². The fraction of sp³-hybridized carbons (Fsp3) is 0.143. The Morgan fingerprint density at radius 1 is 1.24 bits per heavy atom. The van der Waals surface area contributed by atoms with E-state index in [1.54, 1.807) is 18.2 Å². The van der Waals surface area contributed by atoms with Crippen LogP contribution < -0.4 is 10.5 Å². The van der Waals surface area contributed by atoms with Crippen molar-refractivity contribution in [2.45, 2.75) is 12.6 Å². The molecule has 10 nitrogen and oxygen atoms in total. The van der Waals surface area contributed by atoms with Gasteiger partial charge in [0.25, 0.3) is 5.88 Å². The van der Waals surface area contributed by atoms with Crippen molar-refractivity contribution < 1.29 is 36.9 Å². The molecule has 1 aromatic carbocycles. The summed E-state index contributed by atoms with van der Waals surface area (Å²) in [4.78, 5) is 23.1. The van der Waals surface area contributed by atoms with E-state index in [0.717, 1.165) is 6.07 Å². The zero-order valence-corrected chi connectivity index (χ0v) is 18.3. The second-order valence-electron chi connectivity index (χ2n) is 7.22. The zero-order chi connectivity index (χ0) is 24.3. The topological polar surface area (TPSA) is 144 Å². The first kappa shape index (κ1) is 23.7. The molecule has 0 amide bonds. The van der Waals surface area contributed by atoms with Crippen LogP contribution >= 0.6 is 7.82 Å². The van der Waals surface area contributed by atoms with Crippen molar-refractivity contribution in [1.82, 2.24) is 15.0 Å². The van der Waals surface area contributed by atoms with E-state index in [0.29, 0.717) is 22.6 Å². The Labute approximate surface area is 192 Å². The summed E-state index contributed by atoms with van der Waals surface area (Å²) in [5.74, 6) is -1.09. The molecular formula is C21H19F2N4O6P. The lowest BCUT2D eigenvalue weighted by Crippen LogP contribution is -2.41. The molecule has 0 saturated carbocycles. The molecule has 1 aliphatic rings. The number of ether oxygens (including phenoxy) is 1. The van der Waals surface area contributed by atoms with Gasteiger partial charge in [0.1, 0.15) is 24.5 Å². The predicted octanol–water partition coefficient (Wildman–Crippen LogP) is 3.30. The quantitative estimate of drug-likeness (QED) is 0.401. The third-order valence-electron chi connectivity index (χ3n) is 4.71. The van der Waals surface area contributed by atoms with Gasteiger partial charge >= 0.3 is 7.82 Å². The van der Waals surface area contributed by atoms with E-state index in [1.165, 1.54) is 41.6 Å². The minimum atomic E-state index is -4.66. The fourth-order valence-corrected chi connectivity index (χ4v) is 3.42. The molecule has 2 aromatic heterocycles. The zero-order valence-electron chi connectivity index (χ0n) is 17.4. The number of allylic oxidation sites excluding steroid dienone is 2. The van der Waals surface area contributed by atoms with E-state index in [4.69, 9.17) is 24.8 Å². The largest absolute Gasteiger partial charge is 0.471 e. The third kappa shape index (κ3) is 5.93. The molecule has 1 atom stereocenters. The highest BCUT2D eigenvalue weighted by molar-refractivity contribution is 7.46. The normalized spacial score (nSPS) is 16.0.